The monoisotopic (exact) mass is 582 g/mol. The topological polar surface area (TPSA) is 202 Å². The fourth-order valence-corrected chi connectivity index (χ4v) is 4.52. The molecule has 0 radical (unpaired) electrons. The Hall–Kier alpha value is -5.59. The molecule has 1 atom stereocenters. The van der Waals surface area contributed by atoms with Crippen LogP contribution in [0.5, 0.6) is 46.0 Å². The van der Waals surface area contributed by atoms with E-state index in [9.17, 15) is 39.9 Å². The van der Waals surface area contributed by atoms with Crippen molar-refractivity contribution in [3.8, 4) is 57.3 Å². The quantitative estimate of drug-likeness (QED) is 0.115. The molecule has 1 aromatic heterocycles. The van der Waals surface area contributed by atoms with Gasteiger partial charge in [-0.1, -0.05) is 0 Å². The van der Waals surface area contributed by atoms with Crippen LogP contribution < -0.4 is 19.6 Å². The van der Waals surface area contributed by atoms with Gasteiger partial charge < -0.3 is 48.9 Å². The molecule has 13 nitrogen and oxygen atoms in total. The summed E-state index contributed by atoms with van der Waals surface area (Å²) >= 11 is 0. The molecule has 42 heavy (non-hydrogen) atoms. The van der Waals surface area contributed by atoms with E-state index in [0.29, 0.717) is 0 Å². The maximum absolute atomic E-state index is 13.3. The molecule has 0 aliphatic heterocycles. The lowest BCUT2D eigenvalue weighted by Gasteiger charge is -2.22. The highest BCUT2D eigenvalue weighted by atomic mass is 16.6. The Bertz CT molecular complexity index is 1750. The lowest BCUT2D eigenvalue weighted by molar-refractivity contribution is -0.140. The number of phenolic OH excluding ortho intramolecular Hbond substituents is 4. The minimum absolute atomic E-state index is 0.0244. The molecule has 5 N–H and O–H groups in total. The van der Waals surface area contributed by atoms with E-state index in [1.54, 1.807) is 0 Å². The van der Waals surface area contributed by atoms with Crippen LogP contribution in [0, 0.1) is 0 Å². The number of fused-ring (bicyclic) bond motifs is 1. The second-order valence-electron chi connectivity index (χ2n) is 9.03. The fraction of sp³-hybridized carbons (Fsp3) is 0.207. The van der Waals surface area contributed by atoms with E-state index in [-0.39, 0.29) is 33.9 Å². The molecule has 4 rings (SSSR count). The van der Waals surface area contributed by atoms with Crippen LogP contribution in [0.4, 0.5) is 0 Å². The highest BCUT2D eigenvalue weighted by Gasteiger charge is 2.31. The summed E-state index contributed by atoms with van der Waals surface area (Å²) in [4.78, 5) is 37.6. The molecular weight excluding hydrogens is 556 g/mol. The number of phenols is 4. The first kappa shape index (κ1) is 29.4. The van der Waals surface area contributed by atoms with Crippen LogP contribution >= 0.6 is 0 Å². The summed E-state index contributed by atoms with van der Waals surface area (Å²) in [6.45, 7) is 1.18. The second-order valence-corrected chi connectivity index (χ2v) is 9.03. The zero-order chi connectivity index (χ0) is 30.9. The summed E-state index contributed by atoms with van der Waals surface area (Å²) in [5.74, 6) is -6.36. The number of carbonyl (C=O) groups is 2. The molecule has 4 aromatic rings. The van der Waals surface area contributed by atoms with Crippen LogP contribution in [-0.2, 0) is 14.3 Å². The maximum Gasteiger partial charge on any atom is 0.308 e. The number of rotatable bonds is 8. The van der Waals surface area contributed by atoms with Crippen molar-refractivity contribution in [1.29, 1.82) is 0 Å². The van der Waals surface area contributed by atoms with E-state index in [1.165, 1.54) is 39.3 Å². The summed E-state index contributed by atoms with van der Waals surface area (Å²) in [5.41, 5.74) is -1.46. The molecule has 0 amide bonds. The van der Waals surface area contributed by atoms with Gasteiger partial charge >= 0.3 is 11.9 Å². The maximum atomic E-state index is 13.3. The number of hydrogen-bond donors (Lipinski definition) is 5. The van der Waals surface area contributed by atoms with Crippen molar-refractivity contribution < 1.29 is 58.5 Å². The average Bonchev–Trinajstić information content (AvgIpc) is 2.95. The Kier molecular flexibility index (Phi) is 8.04. The van der Waals surface area contributed by atoms with Crippen molar-refractivity contribution >= 4 is 22.9 Å². The SMILES string of the molecule is COC(=O)CC(c1cc(OC)c(OC(C)=O)c(OC)c1)c1c(O)cc(O)c2c(=O)c(O)c(-c3ccc(O)c(O)c3)oc12. The molecule has 0 saturated carbocycles. The van der Waals surface area contributed by atoms with Crippen LogP contribution in [0.3, 0.4) is 0 Å². The standard InChI is InChI=1S/C29H26O13/c1-12(30)41-28-20(38-2)8-14(9-21(28)39-3)15(10-22(35)40-4)23-18(33)11-19(34)24-25(36)26(37)27(42-29(23)24)13-5-6-16(31)17(32)7-13/h5-9,11,15,31-34,37H,10H2,1-4H3. The van der Waals surface area contributed by atoms with E-state index in [0.717, 1.165) is 25.3 Å². The first-order valence-corrected chi connectivity index (χ1v) is 12.2. The Morgan fingerprint density at radius 1 is 0.857 bits per heavy atom. The lowest BCUT2D eigenvalue weighted by atomic mass is 9.86. The highest BCUT2D eigenvalue weighted by molar-refractivity contribution is 5.92. The van der Waals surface area contributed by atoms with E-state index in [1.807, 2.05) is 0 Å². The molecule has 0 spiro atoms. The number of benzene rings is 3. The molecule has 1 unspecified atom stereocenters. The third-order valence-corrected chi connectivity index (χ3v) is 6.45. The number of methoxy groups -OCH3 is 3. The van der Waals surface area contributed by atoms with Crippen molar-refractivity contribution in [3.05, 3.63) is 57.7 Å². The van der Waals surface area contributed by atoms with Gasteiger partial charge in [-0.25, -0.2) is 0 Å². The average molecular weight is 583 g/mol. The van der Waals surface area contributed by atoms with Crippen molar-refractivity contribution in [2.24, 2.45) is 0 Å². The highest BCUT2D eigenvalue weighted by Crippen LogP contribution is 2.48. The summed E-state index contributed by atoms with van der Waals surface area (Å²) in [7, 11) is 3.75. The van der Waals surface area contributed by atoms with Gasteiger partial charge in [-0.05, 0) is 35.9 Å². The zero-order valence-corrected chi connectivity index (χ0v) is 22.8. The van der Waals surface area contributed by atoms with E-state index < -0.39 is 75.2 Å². The van der Waals surface area contributed by atoms with Crippen LogP contribution in [-0.4, -0.2) is 58.8 Å². The van der Waals surface area contributed by atoms with Crippen molar-refractivity contribution in [1.82, 2.24) is 0 Å². The third-order valence-electron chi connectivity index (χ3n) is 6.45. The minimum atomic E-state index is -1.16. The van der Waals surface area contributed by atoms with Gasteiger partial charge in [0.15, 0.2) is 28.8 Å². The Morgan fingerprint density at radius 3 is 2.05 bits per heavy atom. The first-order valence-electron chi connectivity index (χ1n) is 12.2. The van der Waals surface area contributed by atoms with Crippen molar-refractivity contribution in [2.75, 3.05) is 21.3 Å². The van der Waals surface area contributed by atoms with Crippen molar-refractivity contribution in [3.63, 3.8) is 0 Å². The predicted octanol–water partition coefficient (Wildman–Crippen LogP) is 3.63. The van der Waals surface area contributed by atoms with Gasteiger partial charge in [-0.2, -0.15) is 0 Å². The molecule has 0 aliphatic carbocycles. The van der Waals surface area contributed by atoms with Gasteiger partial charge in [0, 0.05) is 30.0 Å². The summed E-state index contributed by atoms with van der Waals surface area (Å²) in [6, 6.07) is 7.03. The summed E-state index contributed by atoms with van der Waals surface area (Å²) in [6.07, 6.45) is -0.441. The van der Waals surface area contributed by atoms with Gasteiger partial charge in [0.2, 0.25) is 16.9 Å². The predicted molar refractivity (Wildman–Crippen MR) is 146 cm³/mol. The molecule has 0 aliphatic rings. The second kappa shape index (κ2) is 11.5. The zero-order valence-electron chi connectivity index (χ0n) is 22.8. The first-order chi connectivity index (χ1) is 19.9. The van der Waals surface area contributed by atoms with E-state index >= 15 is 0 Å². The Labute approximate surface area is 237 Å². The molecule has 1 heterocycles. The van der Waals surface area contributed by atoms with Crippen LogP contribution in [0.25, 0.3) is 22.3 Å². The minimum Gasteiger partial charge on any atom is -0.507 e. The molecule has 3 aromatic carbocycles. The fourth-order valence-electron chi connectivity index (χ4n) is 4.52. The molecule has 13 heteroatoms. The van der Waals surface area contributed by atoms with Gasteiger partial charge in [-0.3, -0.25) is 14.4 Å². The van der Waals surface area contributed by atoms with Crippen LogP contribution in [0.15, 0.2) is 45.6 Å². The lowest BCUT2D eigenvalue weighted by Crippen LogP contribution is -2.13. The normalized spacial score (nSPS) is 11.6. The van der Waals surface area contributed by atoms with Gasteiger partial charge in [0.25, 0.3) is 0 Å². The van der Waals surface area contributed by atoms with E-state index in [2.05, 4.69) is 0 Å². The van der Waals surface area contributed by atoms with Crippen molar-refractivity contribution in [2.45, 2.75) is 19.3 Å². The Morgan fingerprint density at radius 2 is 1.50 bits per heavy atom. The third kappa shape index (κ3) is 5.27. The Balaban J connectivity index is 2.10. The van der Waals surface area contributed by atoms with Gasteiger partial charge in [-0.15, -0.1) is 0 Å². The molecule has 0 fully saturated rings. The number of carbonyl (C=O) groups excluding carboxylic acids is 2. The smallest absolute Gasteiger partial charge is 0.308 e. The van der Waals surface area contributed by atoms with Crippen LogP contribution in [0.1, 0.15) is 30.4 Å². The molecule has 0 bridgehead atoms. The molecule has 0 saturated heterocycles. The largest absolute Gasteiger partial charge is 0.507 e. The number of hydrogen-bond acceptors (Lipinski definition) is 13. The number of ether oxygens (including phenoxy) is 4. The van der Waals surface area contributed by atoms with Gasteiger partial charge in [0.1, 0.15) is 22.5 Å². The molecular formula is C29H26O13. The van der Waals surface area contributed by atoms with Gasteiger partial charge in [0.05, 0.1) is 27.8 Å². The number of esters is 2. The number of aromatic hydroxyl groups is 5. The summed E-state index contributed by atoms with van der Waals surface area (Å²) in [5, 5.41) is 51.6. The summed E-state index contributed by atoms with van der Waals surface area (Å²) < 4.78 is 26.8. The molecule has 220 valence electrons. The van der Waals surface area contributed by atoms with Crippen LogP contribution in [0.2, 0.25) is 0 Å². The van der Waals surface area contributed by atoms with E-state index in [4.69, 9.17) is 23.4 Å².